The molecule has 2 aromatic rings. The van der Waals surface area contributed by atoms with Gasteiger partial charge >= 0.3 is 5.97 Å². The maximum absolute atomic E-state index is 12.2. The molecule has 20 heavy (non-hydrogen) atoms. The number of hydrogen-bond acceptors (Lipinski definition) is 3. The number of carbonyl (C=O) groups is 1. The number of ether oxygens (including phenoxy) is 1. The van der Waals surface area contributed by atoms with Gasteiger partial charge in [-0.15, -0.1) is 0 Å². The molecule has 1 heterocycles. The zero-order valence-corrected chi connectivity index (χ0v) is 11.9. The van der Waals surface area contributed by atoms with Gasteiger partial charge in [0, 0.05) is 11.6 Å². The Morgan fingerprint density at radius 3 is 2.75 bits per heavy atom. The van der Waals surface area contributed by atoms with Gasteiger partial charge in [0.25, 0.3) is 0 Å². The zero-order chi connectivity index (χ0) is 14.5. The van der Waals surface area contributed by atoms with Crippen molar-refractivity contribution in [1.82, 2.24) is 0 Å². The van der Waals surface area contributed by atoms with E-state index in [1.54, 1.807) is 25.1 Å². The Balaban J connectivity index is 2.63. The van der Waals surface area contributed by atoms with Crippen molar-refractivity contribution >= 4 is 16.9 Å². The van der Waals surface area contributed by atoms with Crippen molar-refractivity contribution in [2.24, 2.45) is 0 Å². The summed E-state index contributed by atoms with van der Waals surface area (Å²) >= 11 is 0. The predicted molar refractivity (Wildman–Crippen MR) is 77.5 cm³/mol. The number of unbranched alkanes of at least 4 members (excludes halogenated alkanes) is 1. The van der Waals surface area contributed by atoms with Gasteiger partial charge in [0.2, 0.25) is 5.52 Å². The van der Waals surface area contributed by atoms with Crippen LogP contribution in [0, 0.1) is 5.21 Å². The third-order valence-corrected chi connectivity index (χ3v) is 3.28. The van der Waals surface area contributed by atoms with Crippen LogP contribution in [0.2, 0.25) is 0 Å². The molecule has 1 aromatic heterocycles. The van der Waals surface area contributed by atoms with Crippen molar-refractivity contribution in [3.8, 4) is 0 Å². The van der Waals surface area contributed by atoms with Gasteiger partial charge in [-0.25, -0.2) is 4.79 Å². The Hall–Kier alpha value is -2.10. The van der Waals surface area contributed by atoms with Crippen LogP contribution in [0.1, 0.15) is 42.6 Å². The van der Waals surface area contributed by atoms with Crippen LogP contribution in [0.15, 0.2) is 30.5 Å². The van der Waals surface area contributed by atoms with Crippen molar-refractivity contribution in [1.29, 1.82) is 0 Å². The number of carbonyl (C=O) groups excluding carboxylic acids is 1. The predicted octanol–water partition coefficient (Wildman–Crippen LogP) is 2.99. The third-order valence-electron chi connectivity index (χ3n) is 3.28. The fraction of sp³-hybridized carbons (Fsp3) is 0.375. The summed E-state index contributed by atoms with van der Waals surface area (Å²) in [6.07, 6.45) is 4.15. The standard InChI is InChI=1S/C16H19NO3/c1-3-5-8-12-11-17(19)14-10-7-6-9-13(14)15(12)16(18)20-4-2/h6-7,9-11H,3-5,8H2,1-2H3. The minimum atomic E-state index is -0.351. The van der Waals surface area contributed by atoms with E-state index in [0.717, 1.165) is 23.1 Å². The van der Waals surface area contributed by atoms with Crippen molar-refractivity contribution in [2.45, 2.75) is 33.1 Å². The summed E-state index contributed by atoms with van der Waals surface area (Å²) in [4.78, 5) is 12.2. The quantitative estimate of drug-likeness (QED) is 0.478. The fourth-order valence-electron chi connectivity index (χ4n) is 2.33. The molecular formula is C16H19NO3. The average molecular weight is 273 g/mol. The van der Waals surface area contributed by atoms with Gasteiger partial charge in [-0.05, 0) is 25.8 Å². The van der Waals surface area contributed by atoms with Crippen molar-refractivity contribution in [3.05, 3.63) is 46.8 Å². The molecule has 0 atom stereocenters. The summed E-state index contributed by atoms with van der Waals surface area (Å²) in [5.41, 5.74) is 1.79. The van der Waals surface area contributed by atoms with E-state index in [-0.39, 0.29) is 5.97 Å². The summed E-state index contributed by atoms with van der Waals surface area (Å²) in [6.45, 7) is 4.19. The third kappa shape index (κ3) is 2.74. The van der Waals surface area contributed by atoms with Crippen molar-refractivity contribution in [3.63, 3.8) is 0 Å². The molecule has 0 N–H and O–H groups in total. The monoisotopic (exact) mass is 273 g/mol. The lowest BCUT2D eigenvalue weighted by Gasteiger charge is -2.12. The first kappa shape index (κ1) is 14.3. The second kappa shape index (κ2) is 6.37. The number of para-hydroxylation sites is 1. The SMILES string of the molecule is CCCCc1c[n+]([O-])c2ccccc2c1C(=O)OCC. The molecule has 106 valence electrons. The van der Waals surface area contributed by atoms with Crippen LogP contribution in [0.3, 0.4) is 0 Å². The highest BCUT2D eigenvalue weighted by atomic mass is 16.5. The van der Waals surface area contributed by atoms with Gasteiger partial charge < -0.3 is 9.94 Å². The van der Waals surface area contributed by atoms with Crippen LogP contribution >= 0.6 is 0 Å². The lowest BCUT2D eigenvalue weighted by Crippen LogP contribution is -2.29. The average Bonchev–Trinajstić information content (AvgIpc) is 2.45. The normalized spacial score (nSPS) is 10.7. The zero-order valence-electron chi connectivity index (χ0n) is 11.9. The van der Waals surface area contributed by atoms with Gasteiger partial charge in [0.1, 0.15) is 0 Å². The van der Waals surface area contributed by atoms with E-state index >= 15 is 0 Å². The maximum atomic E-state index is 12.2. The van der Waals surface area contributed by atoms with Gasteiger partial charge in [-0.3, -0.25) is 0 Å². The van der Waals surface area contributed by atoms with E-state index in [2.05, 4.69) is 6.92 Å². The molecule has 1 aromatic carbocycles. The number of nitrogens with zero attached hydrogens (tertiary/aromatic N) is 1. The molecule has 0 aliphatic rings. The molecule has 0 aliphatic carbocycles. The van der Waals surface area contributed by atoms with Crippen molar-refractivity contribution in [2.75, 3.05) is 6.61 Å². The number of aromatic nitrogens is 1. The summed E-state index contributed by atoms with van der Waals surface area (Å²) in [7, 11) is 0. The Morgan fingerprint density at radius 2 is 2.05 bits per heavy atom. The molecule has 0 amide bonds. The minimum absolute atomic E-state index is 0.326. The van der Waals surface area contributed by atoms with Crippen LogP contribution in [0.5, 0.6) is 0 Å². The molecule has 0 aliphatic heterocycles. The molecule has 0 saturated carbocycles. The van der Waals surface area contributed by atoms with E-state index < -0.39 is 0 Å². The van der Waals surface area contributed by atoms with E-state index in [1.165, 1.54) is 6.20 Å². The number of aryl methyl sites for hydroxylation is 1. The molecule has 4 nitrogen and oxygen atoms in total. The lowest BCUT2D eigenvalue weighted by molar-refractivity contribution is -0.577. The molecule has 0 fully saturated rings. The molecule has 0 radical (unpaired) electrons. The maximum Gasteiger partial charge on any atom is 0.339 e. The van der Waals surface area contributed by atoms with Crippen LogP contribution in [-0.2, 0) is 11.2 Å². The number of esters is 1. The van der Waals surface area contributed by atoms with E-state index in [9.17, 15) is 10.0 Å². The molecule has 0 unspecified atom stereocenters. The summed E-state index contributed by atoms with van der Waals surface area (Å²) < 4.78 is 5.98. The summed E-state index contributed by atoms with van der Waals surface area (Å²) in [5.74, 6) is -0.351. The van der Waals surface area contributed by atoms with Crippen LogP contribution in [0.4, 0.5) is 0 Å². The Bertz CT molecular complexity index is 622. The van der Waals surface area contributed by atoms with Crippen LogP contribution in [-0.4, -0.2) is 12.6 Å². The fourth-order valence-corrected chi connectivity index (χ4v) is 2.33. The number of fused-ring (bicyclic) bond motifs is 1. The van der Waals surface area contributed by atoms with Gasteiger partial charge in [-0.2, -0.15) is 4.73 Å². The Morgan fingerprint density at radius 1 is 1.30 bits per heavy atom. The number of benzene rings is 1. The van der Waals surface area contributed by atoms with Gasteiger partial charge in [-0.1, -0.05) is 25.5 Å². The molecule has 0 spiro atoms. The Labute approximate surface area is 118 Å². The van der Waals surface area contributed by atoms with Gasteiger partial charge in [0.15, 0.2) is 6.20 Å². The van der Waals surface area contributed by atoms with E-state index in [0.29, 0.717) is 29.5 Å². The highest BCUT2D eigenvalue weighted by molar-refractivity contribution is 6.03. The summed E-state index contributed by atoms with van der Waals surface area (Å²) in [5, 5.41) is 12.7. The number of pyridine rings is 1. The second-order valence-electron chi connectivity index (χ2n) is 4.70. The Kier molecular flexibility index (Phi) is 4.56. The highest BCUT2D eigenvalue weighted by Gasteiger charge is 2.21. The lowest BCUT2D eigenvalue weighted by atomic mass is 9.99. The van der Waals surface area contributed by atoms with Crippen molar-refractivity contribution < 1.29 is 14.3 Å². The van der Waals surface area contributed by atoms with E-state index in [1.807, 2.05) is 6.07 Å². The highest BCUT2D eigenvalue weighted by Crippen LogP contribution is 2.22. The first-order valence-corrected chi connectivity index (χ1v) is 7.00. The first-order chi connectivity index (χ1) is 9.69. The molecule has 4 heteroatoms. The van der Waals surface area contributed by atoms with Crippen LogP contribution in [0.25, 0.3) is 10.9 Å². The van der Waals surface area contributed by atoms with Gasteiger partial charge in [0.05, 0.1) is 17.6 Å². The first-order valence-electron chi connectivity index (χ1n) is 7.00. The number of rotatable bonds is 5. The smallest absolute Gasteiger partial charge is 0.339 e. The molecule has 0 bridgehead atoms. The second-order valence-corrected chi connectivity index (χ2v) is 4.70. The molecule has 0 saturated heterocycles. The largest absolute Gasteiger partial charge is 0.618 e. The topological polar surface area (TPSA) is 53.2 Å². The summed E-state index contributed by atoms with van der Waals surface area (Å²) in [6, 6.07) is 7.13. The molecule has 2 rings (SSSR count). The molecular weight excluding hydrogens is 254 g/mol. The van der Waals surface area contributed by atoms with E-state index in [4.69, 9.17) is 4.74 Å². The number of hydrogen-bond donors (Lipinski definition) is 0. The minimum Gasteiger partial charge on any atom is -0.618 e. The van der Waals surface area contributed by atoms with Crippen LogP contribution < -0.4 is 4.73 Å².